The number of fused-ring (bicyclic) bond motifs is 1. The number of ether oxygens (including phenoxy) is 2. The van der Waals surface area contributed by atoms with E-state index in [4.69, 9.17) is 9.47 Å². The predicted octanol–water partition coefficient (Wildman–Crippen LogP) is 1.91. The summed E-state index contributed by atoms with van der Waals surface area (Å²) in [6.07, 6.45) is 3.43. The van der Waals surface area contributed by atoms with Crippen molar-refractivity contribution in [2.45, 2.75) is 49.1 Å². The van der Waals surface area contributed by atoms with E-state index in [0.717, 1.165) is 57.1 Å². The third-order valence-corrected chi connectivity index (χ3v) is 8.07. The summed E-state index contributed by atoms with van der Waals surface area (Å²) in [7, 11) is 1.67. The molecule has 0 radical (unpaired) electrons. The van der Waals surface area contributed by atoms with Crippen molar-refractivity contribution in [1.29, 1.82) is 0 Å². The van der Waals surface area contributed by atoms with Crippen molar-refractivity contribution in [2.24, 2.45) is 0 Å². The van der Waals surface area contributed by atoms with Crippen LogP contribution in [0.4, 0.5) is 4.79 Å². The molecule has 3 fully saturated rings. The highest BCUT2D eigenvalue weighted by Crippen LogP contribution is 2.33. The normalized spacial score (nSPS) is 26.2. The molecule has 8 nitrogen and oxygen atoms in total. The van der Waals surface area contributed by atoms with Gasteiger partial charge in [0.1, 0.15) is 5.75 Å². The molecule has 176 valence electrons. The van der Waals surface area contributed by atoms with Crippen molar-refractivity contribution in [3.8, 4) is 5.75 Å². The van der Waals surface area contributed by atoms with Crippen molar-refractivity contribution in [1.82, 2.24) is 20.9 Å². The molecule has 0 spiro atoms. The first-order valence-corrected chi connectivity index (χ1v) is 12.6. The third kappa shape index (κ3) is 5.88. The number of nitrogens with one attached hydrogen (secondary N) is 3. The molecule has 4 rings (SSSR count). The molecule has 1 aromatic rings. The summed E-state index contributed by atoms with van der Waals surface area (Å²) >= 11 is 1.92. The highest BCUT2D eigenvalue weighted by molar-refractivity contribution is 8.00. The van der Waals surface area contributed by atoms with Gasteiger partial charge in [0, 0.05) is 37.1 Å². The van der Waals surface area contributed by atoms with Crippen LogP contribution < -0.4 is 20.7 Å². The molecule has 0 unspecified atom stereocenters. The van der Waals surface area contributed by atoms with Gasteiger partial charge in [-0.25, -0.2) is 4.79 Å². The van der Waals surface area contributed by atoms with Crippen LogP contribution >= 0.6 is 11.8 Å². The minimum Gasteiger partial charge on any atom is -0.497 e. The van der Waals surface area contributed by atoms with Crippen LogP contribution in [-0.2, 0) is 9.53 Å². The van der Waals surface area contributed by atoms with Gasteiger partial charge < -0.3 is 25.4 Å². The maximum atomic E-state index is 12.5. The molecule has 4 atom stereocenters. The largest absolute Gasteiger partial charge is 0.497 e. The van der Waals surface area contributed by atoms with Crippen LogP contribution in [0.1, 0.15) is 37.3 Å². The summed E-state index contributed by atoms with van der Waals surface area (Å²) < 4.78 is 10.8. The van der Waals surface area contributed by atoms with Crippen LogP contribution in [0.3, 0.4) is 0 Å². The first-order valence-electron chi connectivity index (χ1n) is 11.5. The fraction of sp³-hybridized carbons (Fsp3) is 0.652. The Morgan fingerprint density at radius 3 is 2.78 bits per heavy atom. The smallest absolute Gasteiger partial charge is 0.315 e. The van der Waals surface area contributed by atoms with Crippen molar-refractivity contribution in [2.75, 3.05) is 45.7 Å². The average molecular weight is 463 g/mol. The molecule has 3 N–H and O–H groups in total. The Labute approximate surface area is 194 Å². The highest BCUT2D eigenvalue weighted by Gasteiger charge is 2.42. The summed E-state index contributed by atoms with van der Waals surface area (Å²) in [6.45, 7) is 3.75. The minimum absolute atomic E-state index is 0.0450. The molecule has 0 aliphatic carbocycles. The van der Waals surface area contributed by atoms with Crippen molar-refractivity contribution < 1.29 is 19.1 Å². The molecular formula is C23H34N4O4S. The molecule has 9 heteroatoms. The lowest BCUT2D eigenvalue weighted by Gasteiger charge is -2.35. The molecule has 32 heavy (non-hydrogen) atoms. The van der Waals surface area contributed by atoms with E-state index in [0.29, 0.717) is 18.2 Å². The number of carbonyl (C=O) groups is 2. The number of nitrogens with zero attached hydrogens (tertiary/aromatic N) is 1. The minimum atomic E-state index is -0.0450. The molecule has 3 aliphatic rings. The number of unbranched alkanes of at least 4 members (excludes halogenated alkanes) is 1. The average Bonchev–Trinajstić information content (AvgIpc) is 3.37. The van der Waals surface area contributed by atoms with Gasteiger partial charge in [-0.1, -0.05) is 18.6 Å². The van der Waals surface area contributed by atoms with Crippen LogP contribution in [0.5, 0.6) is 5.75 Å². The van der Waals surface area contributed by atoms with E-state index in [-0.39, 0.29) is 30.1 Å². The predicted molar refractivity (Wildman–Crippen MR) is 125 cm³/mol. The second-order valence-corrected chi connectivity index (χ2v) is 9.88. The van der Waals surface area contributed by atoms with Crippen LogP contribution in [0, 0.1) is 0 Å². The van der Waals surface area contributed by atoms with Crippen LogP contribution in [-0.4, -0.2) is 79.9 Å². The topological polar surface area (TPSA) is 91.9 Å². The van der Waals surface area contributed by atoms with Gasteiger partial charge in [0.15, 0.2) is 0 Å². The van der Waals surface area contributed by atoms with Gasteiger partial charge in [0.2, 0.25) is 5.91 Å². The molecule has 1 aromatic carbocycles. The number of carbonyl (C=O) groups excluding carboxylic acids is 2. The standard InChI is InChI=1S/C23H34N4O4S/c1-30-17-8-6-16(7-9-17)19(27-10-12-31-13-11-27)14-24-21(28)5-3-2-4-20-22-18(15-32-20)25-23(29)26-22/h6-9,18-20,22H,2-5,10-15H2,1H3,(H,24,28)(H2,25,26,29)/t18-,19+,20-,22-/m0/s1. The van der Waals surface area contributed by atoms with Crippen LogP contribution in [0.25, 0.3) is 0 Å². The Hall–Kier alpha value is -1.97. The van der Waals surface area contributed by atoms with Crippen LogP contribution in [0.2, 0.25) is 0 Å². The zero-order valence-corrected chi connectivity index (χ0v) is 19.5. The summed E-state index contributed by atoms with van der Waals surface area (Å²) in [5, 5.41) is 9.61. The van der Waals surface area contributed by atoms with Crippen molar-refractivity contribution in [3.05, 3.63) is 29.8 Å². The van der Waals surface area contributed by atoms with E-state index in [1.165, 1.54) is 5.56 Å². The molecule has 3 heterocycles. The second kappa shape index (κ2) is 11.2. The third-order valence-electron chi connectivity index (χ3n) is 6.56. The van der Waals surface area contributed by atoms with Gasteiger partial charge in [-0.05, 0) is 30.5 Å². The quantitative estimate of drug-likeness (QED) is 0.363. The van der Waals surface area contributed by atoms with Gasteiger partial charge in [-0.3, -0.25) is 9.69 Å². The highest BCUT2D eigenvalue weighted by atomic mass is 32.2. The first-order chi connectivity index (χ1) is 15.6. The number of urea groups is 1. The molecule has 3 aliphatic heterocycles. The van der Waals surface area contributed by atoms with Gasteiger partial charge >= 0.3 is 6.03 Å². The van der Waals surface area contributed by atoms with E-state index in [9.17, 15) is 9.59 Å². The number of rotatable bonds is 10. The fourth-order valence-corrected chi connectivity index (χ4v) is 6.29. The lowest BCUT2D eigenvalue weighted by molar-refractivity contribution is -0.121. The van der Waals surface area contributed by atoms with Gasteiger partial charge in [0.25, 0.3) is 0 Å². The fourth-order valence-electron chi connectivity index (χ4n) is 4.75. The number of amides is 3. The lowest BCUT2D eigenvalue weighted by atomic mass is 10.0. The number of hydrogen-bond donors (Lipinski definition) is 3. The molecular weight excluding hydrogens is 428 g/mol. The second-order valence-electron chi connectivity index (χ2n) is 8.61. The monoisotopic (exact) mass is 462 g/mol. The SMILES string of the molecule is COc1ccc([C@@H](CNC(=O)CCCC[C@@H]2SC[C@@H]3NC(=O)N[C@@H]32)N2CCOCC2)cc1. The maximum absolute atomic E-state index is 12.5. The molecule has 0 aromatic heterocycles. The van der Waals surface area contributed by atoms with E-state index in [2.05, 4.69) is 33.0 Å². The van der Waals surface area contributed by atoms with Crippen molar-refractivity contribution in [3.63, 3.8) is 0 Å². The molecule has 0 saturated carbocycles. The maximum Gasteiger partial charge on any atom is 0.315 e. The molecule has 3 amide bonds. The summed E-state index contributed by atoms with van der Waals surface area (Å²) in [6, 6.07) is 8.67. The Morgan fingerprint density at radius 2 is 2.03 bits per heavy atom. The number of hydrogen-bond acceptors (Lipinski definition) is 6. The first kappa shape index (κ1) is 23.2. The summed E-state index contributed by atoms with van der Waals surface area (Å²) in [5.41, 5.74) is 1.17. The Balaban J connectivity index is 1.21. The zero-order valence-electron chi connectivity index (χ0n) is 18.7. The molecule has 3 saturated heterocycles. The Kier molecular flexibility index (Phi) is 8.15. The van der Waals surface area contributed by atoms with Crippen LogP contribution in [0.15, 0.2) is 24.3 Å². The summed E-state index contributed by atoms with van der Waals surface area (Å²) in [4.78, 5) is 26.4. The van der Waals surface area contributed by atoms with E-state index >= 15 is 0 Å². The van der Waals surface area contributed by atoms with Gasteiger partial charge in [-0.2, -0.15) is 11.8 Å². The van der Waals surface area contributed by atoms with E-state index < -0.39 is 0 Å². The molecule has 0 bridgehead atoms. The van der Waals surface area contributed by atoms with Gasteiger partial charge in [0.05, 0.1) is 38.4 Å². The van der Waals surface area contributed by atoms with E-state index in [1.807, 2.05) is 23.9 Å². The Bertz CT molecular complexity index is 772. The number of morpholine rings is 1. The zero-order chi connectivity index (χ0) is 22.3. The van der Waals surface area contributed by atoms with E-state index in [1.54, 1.807) is 7.11 Å². The Morgan fingerprint density at radius 1 is 1.25 bits per heavy atom. The van der Waals surface area contributed by atoms with Gasteiger partial charge in [-0.15, -0.1) is 0 Å². The summed E-state index contributed by atoms with van der Waals surface area (Å²) in [5.74, 6) is 1.91. The number of methoxy groups -OCH3 is 1. The number of thioether (sulfide) groups is 1. The number of benzene rings is 1. The van der Waals surface area contributed by atoms with Crippen molar-refractivity contribution >= 4 is 23.7 Å². The lowest BCUT2D eigenvalue weighted by Crippen LogP contribution is -2.43.